The molecule has 0 atom stereocenters. The zero-order valence-electron chi connectivity index (χ0n) is 12.0. The van der Waals surface area contributed by atoms with E-state index in [2.05, 4.69) is 32.9 Å². The SMILES string of the molecule is COc1c(C2(N)CCC(C)CC2)ccc(C)c1C. The summed E-state index contributed by atoms with van der Waals surface area (Å²) in [7, 11) is 1.75. The molecular formula is C16H25NO. The van der Waals surface area contributed by atoms with Gasteiger partial charge in [-0.3, -0.25) is 0 Å². The van der Waals surface area contributed by atoms with Crippen LogP contribution >= 0.6 is 0 Å². The molecule has 0 spiro atoms. The van der Waals surface area contributed by atoms with E-state index in [0.29, 0.717) is 0 Å². The summed E-state index contributed by atoms with van der Waals surface area (Å²) in [5.41, 5.74) is 10.1. The lowest BCUT2D eigenvalue weighted by atomic mass is 9.73. The molecule has 100 valence electrons. The van der Waals surface area contributed by atoms with Crippen LogP contribution < -0.4 is 10.5 Å². The van der Waals surface area contributed by atoms with E-state index in [1.54, 1.807) is 7.11 Å². The molecule has 1 aliphatic rings. The van der Waals surface area contributed by atoms with Crippen LogP contribution in [0, 0.1) is 19.8 Å². The van der Waals surface area contributed by atoms with Crippen molar-refractivity contribution in [3.8, 4) is 5.75 Å². The fourth-order valence-corrected chi connectivity index (χ4v) is 2.99. The minimum Gasteiger partial charge on any atom is -0.496 e. The quantitative estimate of drug-likeness (QED) is 0.865. The molecule has 0 amide bonds. The normalized spacial score (nSPS) is 28.2. The van der Waals surface area contributed by atoms with Crippen molar-refractivity contribution in [1.29, 1.82) is 0 Å². The predicted octanol–water partition coefficient (Wildman–Crippen LogP) is 3.68. The van der Waals surface area contributed by atoms with Crippen molar-refractivity contribution in [2.24, 2.45) is 11.7 Å². The topological polar surface area (TPSA) is 35.2 Å². The van der Waals surface area contributed by atoms with Gasteiger partial charge < -0.3 is 10.5 Å². The molecule has 2 nitrogen and oxygen atoms in total. The van der Waals surface area contributed by atoms with Crippen molar-refractivity contribution in [3.63, 3.8) is 0 Å². The lowest BCUT2D eigenvalue weighted by Gasteiger charge is -2.37. The van der Waals surface area contributed by atoms with Crippen LogP contribution in [0.3, 0.4) is 0 Å². The van der Waals surface area contributed by atoms with Gasteiger partial charge in [-0.05, 0) is 56.6 Å². The van der Waals surface area contributed by atoms with Crippen molar-refractivity contribution in [2.45, 2.75) is 52.0 Å². The van der Waals surface area contributed by atoms with Gasteiger partial charge in [0.15, 0.2) is 0 Å². The van der Waals surface area contributed by atoms with Gasteiger partial charge in [-0.15, -0.1) is 0 Å². The molecule has 0 saturated heterocycles. The first kappa shape index (κ1) is 13.4. The van der Waals surface area contributed by atoms with Crippen molar-refractivity contribution < 1.29 is 4.74 Å². The van der Waals surface area contributed by atoms with Gasteiger partial charge in [0.05, 0.1) is 7.11 Å². The number of methoxy groups -OCH3 is 1. The summed E-state index contributed by atoms with van der Waals surface area (Å²) in [5, 5.41) is 0. The fourth-order valence-electron chi connectivity index (χ4n) is 2.99. The number of nitrogens with two attached hydrogens (primary N) is 1. The van der Waals surface area contributed by atoms with Crippen molar-refractivity contribution in [3.05, 3.63) is 28.8 Å². The molecule has 1 saturated carbocycles. The van der Waals surface area contributed by atoms with E-state index >= 15 is 0 Å². The molecule has 1 aromatic rings. The Balaban J connectivity index is 2.41. The van der Waals surface area contributed by atoms with Crippen LogP contribution in [0.25, 0.3) is 0 Å². The monoisotopic (exact) mass is 247 g/mol. The van der Waals surface area contributed by atoms with Gasteiger partial charge in [0.1, 0.15) is 5.75 Å². The Morgan fingerprint density at radius 1 is 1.22 bits per heavy atom. The Kier molecular flexibility index (Phi) is 3.67. The Labute approximate surface area is 111 Å². The smallest absolute Gasteiger partial charge is 0.127 e. The van der Waals surface area contributed by atoms with Crippen LogP contribution in [0.1, 0.15) is 49.3 Å². The highest BCUT2D eigenvalue weighted by Crippen LogP contribution is 2.42. The van der Waals surface area contributed by atoms with Gasteiger partial charge in [0, 0.05) is 11.1 Å². The molecule has 1 aromatic carbocycles. The summed E-state index contributed by atoms with van der Waals surface area (Å²) in [5.74, 6) is 1.80. The van der Waals surface area contributed by atoms with Crippen molar-refractivity contribution >= 4 is 0 Å². The van der Waals surface area contributed by atoms with Crippen LogP contribution in [-0.4, -0.2) is 7.11 Å². The summed E-state index contributed by atoms with van der Waals surface area (Å²) >= 11 is 0. The largest absolute Gasteiger partial charge is 0.496 e. The van der Waals surface area contributed by atoms with Gasteiger partial charge in [-0.1, -0.05) is 19.1 Å². The van der Waals surface area contributed by atoms with E-state index in [1.165, 1.54) is 29.5 Å². The third-order valence-corrected chi connectivity index (χ3v) is 4.58. The average Bonchev–Trinajstić information content (AvgIpc) is 2.36. The number of benzene rings is 1. The third-order valence-electron chi connectivity index (χ3n) is 4.58. The van der Waals surface area contributed by atoms with E-state index in [0.717, 1.165) is 24.5 Å². The van der Waals surface area contributed by atoms with Gasteiger partial charge in [0.25, 0.3) is 0 Å². The highest BCUT2D eigenvalue weighted by Gasteiger charge is 2.34. The van der Waals surface area contributed by atoms with Gasteiger partial charge in [-0.25, -0.2) is 0 Å². The second kappa shape index (κ2) is 4.93. The summed E-state index contributed by atoms with van der Waals surface area (Å²) in [6.07, 6.45) is 4.55. The maximum absolute atomic E-state index is 6.66. The van der Waals surface area contributed by atoms with Crippen molar-refractivity contribution in [2.75, 3.05) is 7.11 Å². The third kappa shape index (κ3) is 2.26. The van der Waals surface area contributed by atoms with E-state index in [9.17, 15) is 0 Å². The molecule has 1 aliphatic carbocycles. The molecule has 0 bridgehead atoms. The number of hydrogen-bond acceptors (Lipinski definition) is 2. The Hall–Kier alpha value is -1.02. The zero-order valence-corrected chi connectivity index (χ0v) is 12.0. The van der Waals surface area contributed by atoms with E-state index in [1.807, 2.05) is 0 Å². The lowest BCUT2D eigenvalue weighted by Crippen LogP contribution is -2.40. The Morgan fingerprint density at radius 2 is 1.83 bits per heavy atom. The second-order valence-corrected chi connectivity index (χ2v) is 5.93. The highest BCUT2D eigenvalue weighted by molar-refractivity contribution is 5.48. The Morgan fingerprint density at radius 3 is 2.39 bits per heavy atom. The number of ether oxygens (including phenoxy) is 1. The molecule has 2 heteroatoms. The minimum absolute atomic E-state index is 0.198. The molecule has 2 N–H and O–H groups in total. The maximum atomic E-state index is 6.66. The average molecular weight is 247 g/mol. The first-order valence-corrected chi connectivity index (χ1v) is 6.91. The molecule has 0 unspecified atom stereocenters. The summed E-state index contributed by atoms with van der Waals surface area (Å²) in [6.45, 7) is 6.55. The predicted molar refractivity (Wildman–Crippen MR) is 76.0 cm³/mol. The number of rotatable bonds is 2. The standard InChI is InChI=1S/C16H25NO/c1-11-7-9-16(17,10-8-11)14-6-5-12(2)13(3)15(14)18-4/h5-6,11H,7-10,17H2,1-4H3. The molecule has 0 radical (unpaired) electrons. The first-order chi connectivity index (χ1) is 8.48. The second-order valence-electron chi connectivity index (χ2n) is 5.93. The van der Waals surface area contributed by atoms with Gasteiger partial charge in [-0.2, -0.15) is 0 Å². The molecule has 0 heterocycles. The van der Waals surface area contributed by atoms with Crippen LogP contribution in [0.15, 0.2) is 12.1 Å². The summed E-state index contributed by atoms with van der Waals surface area (Å²) in [6, 6.07) is 4.33. The van der Waals surface area contributed by atoms with Crippen molar-refractivity contribution in [1.82, 2.24) is 0 Å². The minimum atomic E-state index is -0.198. The molecule has 1 fully saturated rings. The van der Waals surface area contributed by atoms with Gasteiger partial charge in [0.2, 0.25) is 0 Å². The maximum Gasteiger partial charge on any atom is 0.127 e. The molecular weight excluding hydrogens is 222 g/mol. The van der Waals surface area contributed by atoms with E-state index in [-0.39, 0.29) is 5.54 Å². The van der Waals surface area contributed by atoms with Crippen LogP contribution in [0.5, 0.6) is 5.75 Å². The Bertz CT molecular complexity index is 431. The lowest BCUT2D eigenvalue weighted by molar-refractivity contribution is 0.240. The van der Waals surface area contributed by atoms with Crippen LogP contribution in [-0.2, 0) is 5.54 Å². The number of hydrogen-bond donors (Lipinski definition) is 1. The fraction of sp³-hybridized carbons (Fsp3) is 0.625. The first-order valence-electron chi connectivity index (χ1n) is 6.91. The summed E-state index contributed by atoms with van der Waals surface area (Å²) in [4.78, 5) is 0. The molecule has 18 heavy (non-hydrogen) atoms. The number of aryl methyl sites for hydroxylation is 1. The zero-order chi connectivity index (χ0) is 13.3. The molecule has 2 rings (SSSR count). The molecule has 0 aliphatic heterocycles. The van der Waals surface area contributed by atoms with Gasteiger partial charge >= 0.3 is 0 Å². The highest BCUT2D eigenvalue weighted by atomic mass is 16.5. The van der Waals surface area contributed by atoms with E-state index < -0.39 is 0 Å². The van der Waals surface area contributed by atoms with E-state index in [4.69, 9.17) is 10.5 Å². The van der Waals surface area contributed by atoms with Crippen LogP contribution in [0.4, 0.5) is 0 Å². The van der Waals surface area contributed by atoms with Crippen LogP contribution in [0.2, 0.25) is 0 Å². The summed E-state index contributed by atoms with van der Waals surface area (Å²) < 4.78 is 5.62. The molecule has 0 aromatic heterocycles.